The molecule has 0 spiro atoms. The molecule has 0 saturated carbocycles. The van der Waals surface area contributed by atoms with Gasteiger partial charge >= 0.3 is 0 Å². The topological polar surface area (TPSA) is 29.9 Å². The van der Waals surface area contributed by atoms with Crippen molar-refractivity contribution in [2.24, 2.45) is 7.05 Å². The molecule has 1 atom stereocenters. The van der Waals surface area contributed by atoms with Crippen LogP contribution >= 0.6 is 15.9 Å². The number of benzene rings is 1. The maximum atomic E-state index is 4.30. The number of nitrogens with zero attached hydrogens (tertiary/aromatic N) is 2. The molecule has 1 aliphatic rings. The Morgan fingerprint density at radius 2 is 2.25 bits per heavy atom. The summed E-state index contributed by atoms with van der Waals surface area (Å²) in [5, 5.41) is 7.98. The fraction of sp³-hybridized carbons (Fsp3) is 0.438. The van der Waals surface area contributed by atoms with Crippen LogP contribution in [0.4, 0.5) is 0 Å². The van der Waals surface area contributed by atoms with E-state index < -0.39 is 0 Å². The number of fused-ring (bicyclic) bond motifs is 1. The Bertz CT molecular complexity index is 618. The van der Waals surface area contributed by atoms with Crippen LogP contribution in [-0.4, -0.2) is 15.8 Å². The Morgan fingerprint density at radius 1 is 1.40 bits per heavy atom. The van der Waals surface area contributed by atoms with Crippen LogP contribution in [0, 0.1) is 6.92 Å². The zero-order valence-electron chi connectivity index (χ0n) is 12.0. The summed E-state index contributed by atoms with van der Waals surface area (Å²) in [6, 6.07) is 7.23. The molecule has 0 aliphatic heterocycles. The standard InChI is InChI=1S/C16H20BrN3/c1-11-14(10-19-20(11)2)9-18-16-6-4-12-7-15(17)5-3-13(12)8-16/h3,5,7,10,16,18H,4,6,8-9H2,1-2H3. The maximum Gasteiger partial charge on any atom is 0.0537 e. The molecule has 3 rings (SSSR count). The van der Waals surface area contributed by atoms with Crippen LogP contribution in [0.25, 0.3) is 0 Å². The van der Waals surface area contributed by atoms with Crippen LogP contribution in [0.2, 0.25) is 0 Å². The van der Waals surface area contributed by atoms with Crippen molar-refractivity contribution in [1.82, 2.24) is 15.1 Å². The minimum absolute atomic E-state index is 0.572. The van der Waals surface area contributed by atoms with E-state index in [0.29, 0.717) is 6.04 Å². The second kappa shape index (κ2) is 5.70. The molecule has 0 fully saturated rings. The largest absolute Gasteiger partial charge is 0.309 e. The normalized spacial score (nSPS) is 18.1. The molecule has 4 heteroatoms. The predicted molar refractivity (Wildman–Crippen MR) is 84.7 cm³/mol. The molecule has 0 saturated heterocycles. The Balaban J connectivity index is 1.63. The molecule has 2 aromatic rings. The smallest absolute Gasteiger partial charge is 0.0537 e. The van der Waals surface area contributed by atoms with Gasteiger partial charge in [0.2, 0.25) is 0 Å². The first-order chi connectivity index (χ1) is 9.63. The number of rotatable bonds is 3. The second-order valence-electron chi connectivity index (χ2n) is 5.61. The van der Waals surface area contributed by atoms with Gasteiger partial charge in [-0.2, -0.15) is 5.10 Å². The molecule has 1 aliphatic carbocycles. The molecule has 1 unspecified atom stereocenters. The fourth-order valence-electron chi connectivity index (χ4n) is 2.87. The average Bonchev–Trinajstić information content (AvgIpc) is 2.76. The molecule has 1 aromatic heterocycles. The Labute approximate surface area is 128 Å². The number of aryl methyl sites for hydroxylation is 2. The molecule has 3 nitrogen and oxygen atoms in total. The average molecular weight is 334 g/mol. The number of nitrogens with one attached hydrogen (secondary N) is 1. The molecule has 0 bridgehead atoms. The molecule has 20 heavy (non-hydrogen) atoms. The van der Waals surface area contributed by atoms with Gasteiger partial charge in [0.25, 0.3) is 0 Å². The highest BCUT2D eigenvalue weighted by Gasteiger charge is 2.18. The van der Waals surface area contributed by atoms with Crippen molar-refractivity contribution in [3.63, 3.8) is 0 Å². The molecular formula is C16H20BrN3. The van der Waals surface area contributed by atoms with Crippen molar-refractivity contribution in [1.29, 1.82) is 0 Å². The highest BCUT2D eigenvalue weighted by atomic mass is 79.9. The van der Waals surface area contributed by atoms with Crippen molar-refractivity contribution >= 4 is 15.9 Å². The third kappa shape index (κ3) is 2.81. The van der Waals surface area contributed by atoms with E-state index in [-0.39, 0.29) is 0 Å². The van der Waals surface area contributed by atoms with Crippen LogP contribution in [0.5, 0.6) is 0 Å². The first-order valence-electron chi connectivity index (χ1n) is 7.11. The van der Waals surface area contributed by atoms with E-state index in [0.717, 1.165) is 13.0 Å². The van der Waals surface area contributed by atoms with Crippen LogP contribution in [0.3, 0.4) is 0 Å². The van der Waals surface area contributed by atoms with E-state index in [1.165, 1.54) is 39.7 Å². The van der Waals surface area contributed by atoms with Gasteiger partial charge in [-0.15, -0.1) is 0 Å². The Morgan fingerprint density at radius 3 is 3.00 bits per heavy atom. The lowest BCUT2D eigenvalue weighted by molar-refractivity contribution is 0.457. The summed E-state index contributed by atoms with van der Waals surface area (Å²) in [7, 11) is 1.99. The summed E-state index contributed by atoms with van der Waals surface area (Å²) < 4.78 is 3.12. The quantitative estimate of drug-likeness (QED) is 0.935. The van der Waals surface area contributed by atoms with E-state index in [2.05, 4.69) is 51.5 Å². The lowest BCUT2D eigenvalue weighted by Crippen LogP contribution is -2.34. The molecular weight excluding hydrogens is 314 g/mol. The molecule has 0 amide bonds. The summed E-state index contributed by atoms with van der Waals surface area (Å²) in [5.41, 5.74) is 5.53. The summed E-state index contributed by atoms with van der Waals surface area (Å²) in [6.07, 6.45) is 5.47. The molecule has 0 radical (unpaired) electrons. The van der Waals surface area contributed by atoms with Crippen molar-refractivity contribution < 1.29 is 0 Å². The second-order valence-corrected chi connectivity index (χ2v) is 6.53. The van der Waals surface area contributed by atoms with Gasteiger partial charge in [-0.3, -0.25) is 4.68 Å². The Hall–Kier alpha value is -1.13. The van der Waals surface area contributed by atoms with Gasteiger partial charge in [0.1, 0.15) is 0 Å². The number of hydrogen-bond donors (Lipinski definition) is 1. The molecule has 1 aromatic carbocycles. The van der Waals surface area contributed by atoms with Gasteiger partial charge in [0.15, 0.2) is 0 Å². The van der Waals surface area contributed by atoms with Crippen molar-refractivity contribution in [2.45, 2.75) is 38.8 Å². The van der Waals surface area contributed by atoms with Gasteiger partial charge in [-0.1, -0.05) is 22.0 Å². The summed E-state index contributed by atoms with van der Waals surface area (Å²) in [5.74, 6) is 0. The van der Waals surface area contributed by atoms with Crippen LogP contribution < -0.4 is 5.32 Å². The van der Waals surface area contributed by atoms with Gasteiger partial charge in [0, 0.05) is 35.4 Å². The summed E-state index contributed by atoms with van der Waals surface area (Å²) in [4.78, 5) is 0. The summed E-state index contributed by atoms with van der Waals surface area (Å²) in [6.45, 7) is 3.04. The first-order valence-corrected chi connectivity index (χ1v) is 7.91. The SMILES string of the molecule is Cc1c(CNC2CCc3cc(Br)ccc3C2)cnn1C. The highest BCUT2D eigenvalue weighted by molar-refractivity contribution is 9.10. The third-order valence-corrected chi connectivity index (χ3v) is 4.81. The minimum Gasteiger partial charge on any atom is -0.309 e. The maximum absolute atomic E-state index is 4.30. The molecule has 1 N–H and O–H groups in total. The van der Waals surface area contributed by atoms with E-state index in [1.807, 2.05) is 17.9 Å². The zero-order chi connectivity index (χ0) is 14.1. The van der Waals surface area contributed by atoms with E-state index >= 15 is 0 Å². The van der Waals surface area contributed by atoms with Crippen LogP contribution in [-0.2, 0) is 26.4 Å². The van der Waals surface area contributed by atoms with E-state index in [1.54, 1.807) is 0 Å². The van der Waals surface area contributed by atoms with Gasteiger partial charge in [-0.25, -0.2) is 0 Å². The van der Waals surface area contributed by atoms with Crippen molar-refractivity contribution in [2.75, 3.05) is 0 Å². The third-order valence-electron chi connectivity index (χ3n) is 4.31. The van der Waals surface area contributed by atoms with Crippen molar-refractivity contribution in [3.05, 3.63) is 51.3 Å². The van der Waals surface area contributed by atoms with Crippen molar-refractivity contribution in [3.8, 4) is 0 Å². The number of halogens is 1. The van der Waals surface area contributed by atoms with Gasteiger partial charge in [0.05, 0.1) is 6.20 Å². The molecule has 106 valence electrons. The van der Waals surface area contributed by atoms with Gasteiger partial charge in [-0.05, 0) is 49.4 Å². The lowest BCUT2D eigenvalue weighted by Gasteiger charge is -2.25. The predicted octanol–water partition coefficient (Wildman–Crippen LogP) is 3.14. The lowest BCUT2D eigenvalue weighted by atomic mass is 9.88. The zero-order valence-corrected chi connectivity index (χ0v) is 13.6. The molecule has 1 heterocycles. The first kappa shape index (κ1) is 13.8. The van der Waals surface area contributed by atoms with Gasteiger partial charge < -0.3 is 5.32 Å². The minimum atomic E-state index is 0.572. The van der Waals surface area contributed by atoms with E-state index in [4.69, 9.17) is 0 Å². The number of hydrogen-bond acceptors (Lipinski definition) is 2. The summed E-state index contributed by atoms with van der Waals surface area (Å²) >= 11 is 3.55. The highest BCUT2D eigenvalue weighted by Crippen LogP contribution is 2.25. The Kier molecular flexibility index (Phi) is 3.94. The number of aromatic nitrogens is 2. The fourth-order valence-corrected chi connectivity index (χ4v) is 3.28. The monoisotopic (exact) mass is 333 g/mol. The van der Waals surface area contributed by atoms with E-state index in [9.17, 15) is 0 Å². The van der Waals surface area contributed by atoms with Crippen LogP contribution in [0.15, 0.2) is 28.9 Å². The van der Waals surface area contributed by atoms with Crippen LogP contribution in [0.1, 0.15) is 28.8 Å².